The second-order valence-electron chi connectivity index (χ2n) is 12.7. The lowest BCUT2D eigenvalue weighted by Crippen LogP contribution is -2.31. The average Bonchev–Trinajstić information content (AvgIpc) is 3.45. The number of carbonyl (C=O) groups is 2. The molecule has 1 saturated heterocycles. The van der Waals surface area contributed by atoms with Gasteiger partial charge in [-0.25, -0.2) is 9.48 Å². The minimum absolute atomic E-state index is 0.0818. The summed E-state index contributed by atoms with van der Waals surface area (Å²) in [5.74, 6) is 1.86. The summed E-state index contributed by atoms with van der Waals surface area (Å²) in [4.78, 5) is 26.6. The van der Waals surface area contributed by atoms with Gasteiger partial charge in [-0.05, 0) is 86.7 Å². The van der Waals surface area contributed by atoms with Gasteiger partial charge >= 0.3 is 6.03 Å². The normalized spacial score (nSPS) is 14.6. The number of rotatable bonds is 9. The number of urea groups is 1. The van der Waals surface area contributed by atoms with Crippen LogP contribution in [0.4, 0.5) is 16.3 Å². The van der Waals surface area contributed by atoms with Crippen molar-refractivity contribution < 1.29 is 14.3 Å². The van der Waals surface area contributed by atoms with Crippen LogP contribution in [0.15, 0.2) is 78.9 Å². The van der Waals surface area contributed by atoms with Gasteiger partial charge in [-0.15, -0.1) is 0 Å². The van der Waals surface area contributed by atoms with Crippen LogP contribution >= 0.6 is 0 Å². The van der Waals surface area contributed by atoms with Crippen LogP contribution in [0.2, 0.25) is 0 Å². The Morgan fingerprint density at radius 1 is 0.977 bits per heavy atom. The van der Waals surface area contributed by atoms with E-state index in [9.17, 15) is 9.59 Å². The van der Waals surface area contributed by atoms with E-state index in [4.69, 9.17) is 9.84 Å². The first-order chi connectivity index (χ1) is 21.1. The number of nitrogens with zero attached hydrogens (tertiary/aromatic N) is 2. The Balaban J connectivity index is 1.32. The molecular formula is C36H43N5O3. The fourth-order valence-electron chi connectivity index (χ4n) is 5.73. The molecule has 230 valence electrons. The van der Waals surface area contributed by atoms with Gasteiger partial charge < -0.3 is 15.4 Å². The second kappa shape index (κ2) is 13.5. The van der Waals surface area contributed by atoms with E-state index >= 15 is 0 Å². The van der Waals surface area contributed by atoms with Crippen molar-refractivity contribution >= 4 is 23.3 Å². The summed E-state index contributed by atoms with van der Waals surface area (Å²) in [5, 5.41) is 14.2. The molecule has 1 aliphatic rings. The molecule has 4 aromatic rings. The molecular weight excluding hydrogens is 550 g/mol. The fourth-order valence-corrected chi connectivity index (χ4v) is 5.73. The molecule has 8 heteroatoms. The Labute approximate surface area is 260 Å². The van der Waals surface area contributed by atoms with E-state index in [0.717, 1.165) is 48.4 Å². The maximum Gasteiger partial charge on any atom is 0.324 e. The summed E-state index contributed by atoms with van der Waals surface area (Å²) < 4.78 is 7.11. The molecule has 0 radical (unpaired) electrons. The monoisotopic (exact) mass is 593 g/mol. The molecule has 1 aliphatic heterocycles. The third kappa shape index (κ3) is 7.55. The fraction of sp³-hybridized carbons (Fsp3) is 0.361. The van der Waals surface area contributed by atoms with E-state index in [2.05, 4.69) is 36.7 Å². The van der Waals surface area contributed by atoms with E-state index in [1.54, 1.807) is 11.8 Å². The summed E-state index contributed by atoms with van der Waals surface area (Å²) >= 11 is 0. The largest absolute Gasteiger partial charge is 0.497 e. The Morgan fingerprint density at radius 2 is 1.68 bits per heavy atom. The van der Waals surface area contributed by atoms with Gasteiger partial charge in [0.05, 0.1) is 18.5 Å². The zero-order chi connectivity index (χ0) is 31.3. The molecule has 1 aromatic heterocycles. The summed E-state index contributed by atoms with van der Waals surface area (Å²) in [7, 11) is 1.61. The molecule has 1 atom stereocenters. The van der Waals surface area contributed by atoms with Crippen molar-refractivity contribution in [2.24, 2.45) is 5.92 Å². The van der Waals surface area contributed by atoms with Gasteiger partial charge in [0.15, 0.2) is 5.78 Å². The van der Waals surface area contributed by atoms with E-state index in [1.807, 2.05) is 85.8 Å². The summed E-state index contributed by atoms with van der Waals surface area (Å²) in [6, 6.07) is 24.9. The minimum Gasteiger partial charge on any atom is -0.497 e. The van der Waals surface area contributed by atoms with E-state index < -0.39 is 0 Å². The number of amides is 2. The predicted octanol–water partition coefficient (Wildman–Crippen LogP) is 7.49. The molecule has 2 amide bonds. The number of aryl methyl sites for hydroxylation is 1. The molecule has 2 heterocycles. The number of hydrogen-bond acceptors (Lipinski definition) is 5. The van der Waals surface area contributed by atoms with Gasteiger partial charge in [0, 0.05) is 29.2 Å². The van der Waals surface area contributed by atoms with Crippen molar-refractivity contribution in [1.82, 2.24) is 15.1 Å². The highest BCUT2D eigenvalue weighted by Crippen LogP contribution is 2.36. The van der Waals surface area contributed by atoms with Crippen LogP contribution in [0.3, 0.4) is 0 Å². The second-order valence-corrected chi connectivity index (χ2v) is 12.7. The number of anilines is 2. The third-order valence-corrected chi connectivity index (χ3v) is 8.34. The SMILES string of the molecule is COc1cccc(C(=O)CC(c2ccc(NC(=O)Nc3cc(C(C)(C)C)nn3-c3ccc(C)cc3)cc2)C2CCNCC2)c1. The van der Waals surface area contributed by atoms with E-state index in [-0.39, 0.29) is 23.1 Å². The highest BCUT2D eigenvalue weighted by atomic mass is 16.5. The van der Waals surface area contributed by atoms with Crippen molar-refractivity contribution in [3.63, 3.8) is 0 Å². The molecule has 0 saturated carbocycles. The van der Waals surface area contributed by atoms with Gasteiger partial charge in [-0.1, -0.05) is 62.7 Å². The first-order valence-electron chi connectivity index (χ1n) is 15.3. The number of carbonyl (C=O) groups excluding carboxylic acids is 2. The number of aromatic nitrogens is 2. The average molecular weight is 594 g/mol. The lowest BCUT2D eigenvalue weighted by Gasteiger charge is -2.31. The van der Waals surface area contributed by atoms with Gasteiger partial charge in [0.2, 0.25) is 0 Å². The first kappa shape index (κ1) is 31.0. The van der Waals surface area contributed by atoms with Crippen LogP contribution in [0.25, 0.3) is 5.69 Å². The minimum atomic E-state index is -0.352. The summed E-state index contributed by atoms with van der Waals surface area (Å²) in [6.07, 6.45) is 2.46. The van der Waals surface area contributed by atoms with Crippen LogP contribution in [-0.2, 0) is 5.41 Å². The number of Topliss-reactive ketones (excluding diaryl/α,β-unsaturated/α-hetero) is 1. The Hall–Kier alpha value is -4.43. The molecule has 0 bridgehead atoms. The van der Waals surface area contributed by atoms with Crippen molar-refractivity contribution in [3.8, 4) is 11.4 Å². The maximum absolute atomic E-state index is 13.4. The number of methoxy groups -OCH3 is 1. The maximum atomic E-state index is 13.4. The van der Waals surface area contributed by atoms with Crippen LogP contribution in [0, 0.1) is 12.8 Å². The van der Waals surface area contributed by atoms with Crippen LogP contribution < -0.4 is 20.7 Å². The summed E-state index contributed by atoms with van der Waals surface area (Å²) in [5.41, 5.74) is 5.16. The third-order valence-electron chi connectivity index (χ3n) is 8.34. The zero-order valence-corrected chi connectivity index (χ0v) is 26.3. The Kier molecular flexibility index (Phi) is 9.49. The number of ether oxygens (including phenoxy) is 1. The number of benzene rings is 3. The molecule has 0 spiro atoms. The zero-order valence-electron chi connectivity index (χ0n) is 26.3. The molecule has 44 heavy (non-hydrogen) atoms. The van der Waals surface area contributed by atoms with Crippen LogP contribution in [-0.4, -0.2) is 41.8 Å². The van der Waals surface area contributed by atoms with Crippen molar-refractivity contribution in [2.45, 2.75) is 58.3 Å². The lowest BCUT2D eigenvalue weighted by molar-refractivity contribution is 0.0958. The lowest BCUT2D eigenvalue weighted by atomic mass is 9.77. The predicted molar refractivity (Wildman–Crippen MR) is 176 cm³/mol. The first-order valence-corrected chi connectivity index (χ1v) is 15.3. The quantitative estimate of drug-likeness (QED) is 0.175. The number of nitrogens with one attached hydrogen (secondary N) is 3. The highest BCUT2D eigenvalue weighted by Gasteiger charge is 2.28. The molecule has 1 unspecified atom stereocenters. The van der Waals surface area contributed by atoms with E-state index in [1.165, 1.54) is 0 Å². The number of hydrogen-bond donors (Lipinski definition) is 3. The van der Waals surface area contributed by atoms with Crippen molar-refractivity contribution in [2.75, 3.05) is 30.8 Å². The Bertz CT molecular complexity index is 1580. The van der Waals surface area contributed by atoms with Crippen LogP contribution in [0.1, 0.15) is 73.1 Å². The topological polar surface area (TPSA) is 97.3 Å². The smallest absolute Gasteiger partial charge is 0.324 e. The number of ketones is 1. The van der Waals surface area contributed by atoms with Gasteiger partial charge in [0.1, 0.15) is 11.6 Å². The van der Waals surface area contributed by atoms with Crippen molar-refractivity contribution in [3.05, 3.63) is 101 Å². The molecule has 3 N–H and O–H groups in total. The molecule has 3 aromatic carbocycles. The number of piperidine rings is 1. The molecule has 1 fully saturated rings. The highest BCUT2D eigenvalue weighted by molar-refractivity contribution is 5.99. The molecule has 8 nitrogen and oxygen atoms in total. The van der Waals surface area contributed by atoms with Gasteiger partial charge in [0.25, 0.3) is 0 Å². The van der Waals surface area contributed by atoms with Gasteiger partial charge in [-0.3, -0.25) is 10.1 Å². The molecule has 0 aliphatic carbocycles. The standard InChI is InChI=1S/C36H43N5O3/c1-24-9-15-29(16-10-24)41-34(23-33(40-41)36(2,3)4)39-35(43)38-28-13-11-25(12-14-28)31(26-17-19-37-20-18-26)22-32(42)27-7-6-8-30(21-27)44-5/h6-16,21,23,26,31,37H,17-20,22H2,1-5H3,(H2,38,39,43). The Morgan fingerprint density at radius 3 is 2.34 bits per heavy atom. The van der Waals surface area contributed by atoms with Crippen molar-refractivity contribution in [1.29, 1.82) is 0 Å². The van der Waals surface area contributed by atoms with E-state index in [0.29, 0.717) is 35.2 Å². The van der Waals surface area contributed by atoms with Gasteiger partial charge in [-0.2, -0.15) is 5.10 Å². The summed E-state index contributed by atoms with van der Waals surface area (Å²) in [6.45, 7) is 10.2. The molecule has 5 rings (SSSR count). The van der Waals surface area contributed by atoms with Crippen LogP contribution in [0.5, 0.6) is 5.75 Å².